The van der Waals surface area contributed by atoms with Crippen molar-refractivity contribution >= 4 is 11.6 Å². The number of anilines is 1. The van der Waals surface area contributed by atoms with Crippen LogP contribution in [-0.4, -0.2) is 44.6 Å². The molecule has 1 fully saturated rings. The minimum Gasteiger partial charge on any atom is -0.495 e. The molecule has 2 rings (SSSR count). The average Bonchev–Trinajstić information content (AvgIpc) is 2.29. The molecule has 0 radical (unpaired) electrons. The maximum absolute atomic E-state index is 11.9. The number of methoxy groups -OCH3 is 1. The summed E-state index contributed by atoms with van der Waals surface area (Å²) >= 11 is 0. The fourth-order valence-electron chi connectivity index (χ4n) is 1.90. The third kappa shape index (κ3) is 2.02. The van der Waals surface area contributed by atoms with Crippen molar-refractivity contribution in [2.45, 2.75) is 0 Å². The number of ether oxygens (including phenoxy) is 1. The van der Waals surface area contributed by atoms with E-state index in [2.05, 4.69) is 0 Å². The van der Waals surface area contributed by atoms with Gasteiger partial charge in [-0.15, -0.1) is 0 Å². The Labute approximate surface area is 95.4 Å². The predicted molar refractivity (Wildman–Crippen MR) is 62.8 cm³/mol. The van der Waals surface area contributed by atoms with Crippen molar-refractivity contribution < 1.29 is 9.53 Å². The standard InChI is InChI=1S/C12H16N2O2/c1-13-7-8-14(12(15)9-13)10-5-3-4-6-11(10)16-2/h3-6H,7-9H2,1-2H3. The maximum Gasteiger partial charge on any atom is 0.241 e. The van der Waals surface area contributed by atoms with Gasteiger partial charge in [0, 0.05) is 13.1 Å². The van der Waals surface area contributed by atoms with Crippen LogP contribution in [0.25, 0.3) is 0 Å². The van der Waals surface area contributed by atoms with E-state index in [0.29, 0.717) is 6.54 Å². The Hall–Kier alpha value is -1.55. The second kappa shape index (κ2) is 4.53. The molecule has 1 aliphatic rings. The molecule has 1 aromatic carbocycles. The van der Waals surface area contributed by atoms with E-state index in [1.54, 1.807) is 12.0 Å². The van der Waals surface area contributed by atoms with Crippen LogP contribution in [0, 0.1) is 0 Å². The first-order valence-electron chi connectivity index (χ1n) is 5.34. The second-order valence-corrected chi connectivity index (χ2v) is 3.96. The minimum absolute atomic E-state index is 0.123. The lowest BCUT2D eigenvalue weighted by molar-refractivity contribution is -0.120. The Morgan fingerprint density at radius 3 is 2.69 bits per heavy atom. The molecular weight excluding hydrogens is 204 g/mol. The third-order valence-corrected chi connectivity index (χ3v) is 2.79. The molecule has 0 bridgehead atoms. The zero-order chi connectivity index (χ0) is 11.5. The molecule has 0 atom stereocenters. The maximum atomic E-state index is 11.9. The van der Waals surface area contributed by atoms with Crippen molar-refractivity contribution in [3.8, 4) is 5.75 Å². The highest BCUT2D eigenvalue weighted by Gasteiger charge is 2.24. The smallest absolute Gasteiger partial charge is 0.241 e. The Morgan fingerprint density at radius 1 is 1.25 bits per heavy atom. The summed E-state index contributed by atoms with van der Waals surface area (Å²) in [7, 11) is 3.58. The van der Waals surface area contributed by atoms with Crippen molar-refractivity contribution in [2.24, 2.45) is 0 Å². The third-order valence-electron chi connectivity index (χ3n) is 2.79. The number of likely N-dealkylation sites (N-methyl/N-ethyl adjacent to an activating group) is 1. The van der Waals surface area contributed by atoms with Crippen LogP contribution in [0.5, 0.6) is 5.75 Å². The van der Waals surface area contributed by atoms with Crippen molar-refractivity contribution in [3.63, 3.8) is 0 Å². The second-order valence-electron chi connectivity index (χ2n) is 3.96. The van der Waals surface area contributed by atoms with Gasteiger partial charge < -0.3 is 9.64 Å². The number of carbonyl (C=O) groups is 1. The molecule has 1 aliphatic heterocycles. The monoisotopic (exact) mass is 220 g/mol. The van der Waals surface area contributed by atoms with Crippen LogP contribution in [0.3, 0.4) is 0 Å². The number of para-hydroxylation sites is 2. The van der Waals surface area contributed by atoms with Crippen LogP contribution in [0.4, 0.5) is 5.69 Å². The molecule has 0 aromatic heterocycles. The molecule has 1 aromatic rings. The van der Waals surface area contributed by atoms with E-state index in [4.69, 9.17) is 4.74 Å². The lowest BCUT2D eigenvalue weighted by atomic mass is 10.2. The van der Waals surface area contributed by atoms with E-state index < -0.39 is 0 Å². The van der Waals surface area contributed by atoms with Gasteiger partial charge in [-0.3, -0.25) is 9.69 Å². The first kappa shape index (κ1) is 11.0. The van der Waals surface area contributed by atoms with Crippen LogP contribution in [0.15, 0.2) is 24.3 Å². The summed E-state index contributed by atoms with van der Waals surface area (Å²) < 4.78 is 5.27. The minimum atomic E-state index is 0.123. The number of rotatable bonds is 2. The molecule has 0 saturated carbocycles. The number of nitrogens with zero attached hydrogens (tertiary/aromatic N) is 2. The zero-order valence-electron chi connectivity index (χ0n) is 9.64. The SMILES string of the molecule is COc1ccccc1N1CCN(C)CC1=O. The molecule has 4 heteroatoms. The summed E-state index contributed by atoms with van der Waals surface area (Å²) in [5.74, 6) is 0.874. The van der Waals surface area contributed by atoms with Gasteiger partial charge in [-0.2, -0.15) is 0 Å². The molecule has 1 amide bonds. The zero-order valence-corrected chi connectivity index (χ0v) is 9.64. The van der Waals surface area contributed by atoms with Gasteiger partial charge in [-0.05, 0) is 19.2 Å². The van der Waals surface area contributed by atoms with Gasteiger partial charge >= 0.3 is 0 Å². The molecule has 0 spiro atoms. The molecule has 1 heterocycles. The lowest BCUT2D eigenvalue weighted by Gasteiger charge is -2.32. The fraction of sp³-hybridized carbons (Fsp3) is 0.417. The topological polar surface area (TPSA) is 32.8 Å². The normalized spacial score (nSPS) is 17.6. The highest BCUT2D eigenvalue weighted by Crippen LogP contribution is 2.28. The highest BCUT2D eigenvalue weighted by atomic mass is 16.5. The summed E-state index contributed by atoms with van der Waals surface area (Å²) in [4.78, 5) is 15.7. The number of amides is 1. The Morgan fingerprint density at radius 2 is 2.00 bits per heavy atom. The number of piperazine rings is 1. The molecular formula is C12H16N2O2. The average molecular weight is 220 g/mol. The molecule has 16 heavy (non-hydrogen) atoms. The van der Waals surface area contributed by atoms with Gasteiger partial charge in [0.05, 0.1) is 19.3 Å². The molecule has 86 valence electrons. The van der Waals surface area contributed by atoms with Gasteiger partial charge in [0.2, 0.25) is 5.91 Å². The van der Waals surface area contributed by atoms with Crippen molar-refractivity contribution in [1.29, 1.82) is 0 Å². The van der Waals surface area contributed by atoms with Crippen LogP contribution in [0.1, 0.15) is 0 Å². The Kier molecular flexibility index (Phi) is 3.10. The predicted octanol–water partition coefficient (Wildman–Crippen LogP) is 0.974. The van der Waals surface area contributed by atoms with Gasteiger partial charge in [-0.1, -0.05) is 12.1 Å². The summed E-state index contributed by atoms with van der Waals surface area (Å²) in [5.41, 5.74) is 0.864. The fourth-order valence-corrected chi connectivity index (χ4v) is 1.90. The molecule has 0 N–H and O–H groups in total. The van der Waals surface area contributed by atoms with E-state index in [-0.39, 0.29) is 5.91 Å². The number of carbonyl (C=O) groups excluding carboxylic acids is 1. The summed E-state index contributed by atoms with van der Waals surface area (Å²) in [6, 6.07) is 7.62. The van der Waals surface area contributed by atoms with Crippen molar-refractivity contribution in [3.05, 3.63) is 24.3 Å². The van der Waals surface area contributed by atoms with Gasteiger partial charge in [0.1, 0.15) is 5.75 Å². The van der Waals surface area contributed by atoms with E-state index in [1.807, 2.05) is 36.2 Å². The first-order chi connectivity index (χ1) is 7.72. The van der Waals surface area contributed by atoms with E-state index >= 15 is 0 Å². The van der Waals surface area contributed by atoms with Gasteiger partial charge in [-0.25, -0.2) is 0 Å². The molecule has 0 unspecified atom stereocenters. The molecule has 0 aliphatic carbocycles. The van der Waals surface area contributed by atoms with E-state index in [9.17, 15) is 4.79 Å². The first-order valence-corrected chi connectivity index (χ1v) is 5.34. The van der Waals surface area contributed by atoms with Gasteiger partial charge in [0.15, 0.2) is 0 Å². The Balaban J connectivity index is 2.26. The number of hydrogen-bond acceptors (Lipinski definition) is 3. The van der Waals surface area contributed by atoms with Crippen LogP contribution < -0.4 is 9.64 Å². The summed E-state index contributed by atoms with van der Waals surface area (Å²) in [6.45, 7) is 2.08. The summed E-state index contributed by atoms with van der Waals surface area (Å²) in [5, 5.41) is 0. The Bertz CT molecular complexity index is 392. The van der Waals surface area contributed by atoms with E-state index in [0.717, 1.165) is 24.5 Å². The lowest BCUT2D eigenvalue weighted by Crippen LogP contribution is -2.49. The van der Waals surface area contributed by atoms with Crippen LogP contribution in [-0.2, 0) is 4.79 Å². The molecule has 1 saturated heterocycles. The molecule has 4 nitrogen and oxygen atoms in total. The summed E-state index contributed by atoms with van der Waals surface area (Å²) in [6.07, 6.45) is 0. The number of hydrogen-bond donors (Lipinski definition) is 0. The highest BCUT2D eigenvalue weighted by molar-refractivity contribution is 5.96. The quantitative estimate of drug-likeness (QED) is 0.744. The van der Waals surface area contributed by atoms with Gasteiger partial charge in [0.25, 0.3) is 0 Å². The van der Waals surface area contributed by atoms with Crippen LogP contribution in [0.2, 0.25) is 0 Å². The van der Waals surface area contributed by atoms with Crippen molar-refractivity contribution in [1.82, 2.24) is 4.90 Å². The van der Waals surface area contributed by atoms with Crippen LogP contribution >= 0.6 is 0 Å². The number of benzene rings is 1. The van der Waals surface area contributed by atoms with Crippen molar-refractivity contribution in [2.75, 3.05) is 38.7 Å². The largest absolute Gasteiger partial charge is 0.495 e. The van der Waals surface area contributed by atoms with E-state index in [1.165, 1.54) is 0 Å².